The Bertz CT molecular complexity index is 428. The second-order valence-corrected chi connectivity index (χ2v) is 6.20. The van der Waals surface area contributed by atoms with Gasteiger partial charge in [0, 0.05) is 42.3 Å². The Morgan fingerprint density at radius 2 is 1.90 bits per heavy atom. The molecule has 21 heavy (non-hydrogen) atoms. The van der Waals surface area contributed by atoms with E-state index >= 15 is 0 Å². The van der Waals surface area contributed by atoms with Gasteiger partial charge >= 0.3 is 0 Å². The third-order valence-electron chi connectivity index (χ3n) is 4.00. The molecule has 1 unspecified atom stereocenters. The monoisotopic (exact) mass is 400 g/mol. The molecule has 6 heteroatoms. The van der Waals surface area contributed by atoms with Crippen molar-refractivity contribution in [2.24, 2.45) is 5.92 Å². The van der Waals surface area contributed by atoms with Crippen molar-refractivity contribution >= 4 is 40.7 Å². The highest BCUT2D eigenvalue weighted by Gasteiger charge is 2.28. The Morgan fingerprint density at radius 1 is 1.29 bits per heavy atom. The lowest BCUT2D eigenvalue weighted by Crippen LogP contribution is -2.46. The number of halogens is 4. The van der Waals surface area contributed by atoms with Gasteiger partial charge in [-0.15, -0.1) is 24.8 Å². The normalized spacial score (nSPS) is 18.3. The summed E-state index contributed by atoms with van der Waals surface area (Å²) in [6.07, 6.45) is 1.06. The van der Waals surface area contributed by atoms with Crippen LogP contribution in [-0.4, -0.2) is 31.1 Å². The fourth-order valence-electron chi connectivity index (χ4n) is 2.79. The second-order valence-electron chi connectivity index (χ2n) is 5.28. The summed E-state index contributed by atoms with van der Waals surface area (Å²) in [4.78, 5) is 2.41. The van der Waals surface area contributed by atoms with Crippen LogP contribution in [0.1, 0.15) is 31.9 Å². The van der Waals surface area contributed by atoms with E-state index in [1.165, 1.54) is 0 Å². The number of hydrogen-bond donors (Lipinski definition) is 1. The van der Waals surface area contributed by atoms with E-state index in [0.29, 0.717) is 5.92 Å². The summed E-state index contributed by atoms with van der Waals surface area (Å²) in [6.45, 7) is 8.34. The molecule has 1 aromatic carbocycles. The standard InChI is InChI=1S/C15H22BrFN2.2ClH/c1-3-11(2)15(19-8-6-18-7-9-19)13-10-12(16)4-5-14(13)17;;/h4-5,10-11,15,18H,3,6-9H2,1-2H3;2*1H/t11?,15-;;/m0../s1. The zero-order chi connectivity index (χ0) is 13.8. The summed E-state index contributed by atoms with van der Waals surface area (Å²) in [5.74, 6) is 0.355. The molecule has 0 bridgehead atoms. The zero-order valence-electron chi connectivity index (χ0n) is 12.4. The maximum Gasteiger partial charge on any atom is 0.128 e. The van der Waals surface area contributed by atoms with Crippen molar-refractivity contribution in [3.8, 4) is 0 Å². The predicted octanol–water partition coefficient (Wildman–Crippen LogP) is 4.42. The molecule has 2 rings (SSSR count). The molecule has 0 radical (unpaired) electrons. The Hall–Kier alpha value is 0.130. The minimum atomic E-state index is -0.0907. The third-order valence-corrected chi connectivity index (χ3v) is 4.50. The van der Waals surface area contributed by atoms with Crippen molar-refractivity contribution in [2.45, 2.75) is 26.3 Å². The van der Waals surface area contributed by atoms with Crippen LogP contribution < -0.4 is 5.32 Å². The fraction of sp³-hybridized carbons (Fsp3) is 0.600. The molecular weight excluding hydrogens is 378 g/mol. The second kappa shape index (κ2) is 10.0. The lowest BCUT2D eigenvalue weighted by molar-refractivity contribution is 0.125. The molecule has 0 saturated carbocycles. The van der Waals surface area contributed by atoms with E-state index in [-0.39, 0.29) is 36.7 Å². The van der Waals surface area contributed by atoms with Gasteiger partial charge in [0.1, 0.15) is 5.82 Å². The van der Waals surface area contributed by atoms with Gasteiger partial charge in [-0.2, -0.15) is 0 Å². The first-order valence-corrected chi connectivity index (χ1v) is 7.82. The summed E-state index contributed by atoms with van der Waals surface area (Å²) in [7, 11) is 0. The van der Waals surface area contributed by atoms with Crippen molar-refractivity contribution < 1.29 is 4.39 Å². The first-order chi connectivity index (χ1) is 9.13. The number of nitrogens with zero attached hydrogens (tertiary/aromatic N) is 1. The Kier molecular flexibility index (Phi) is 10.1. The molecule has 1 saturated heterocycles. The fourth-order valence-corrected chi connectivity index (χ4v) is 3.17. The van der Waals surface area contributed by atoms with Crippen molar-refractivity contribution in [2.75, 3.05) is 26.2 Å². The van der Waals surface area contributed by atoms with E-state index in [2.05, 4.69) is 40.0 Å². The molecule has 0 aliphatic carbocycles. The number of rotatable bonds is 4. The third kappa shape index (κ3) is 5.36. The van der Waals surface area contributed by atoms with Crippen LogP contribution in [0.4, 0.5) is 4.39 Å². The zero-order valence-corrected chi connectivity index (χ0v) is 15.7. The molecule has 2 nitrogen and oxygen atoms in total. The summed E-state index contributed by atoms with van der Waals surface area (Å²) in [5.41, 5.74) is 0.825. The lowest BCUT2D eigenvalue weighted by atomic mass is 9.90. The largest absolute Gasteiger partial charge is 0.314 e. The molecule has 1 aliphatic heterocycles. The van der Waals surface area contributed by atoms with Crippen molar-refractivity contribution in [1.82, 2.24) is 10.2 Å². The molecule has 0 aromatic heterocycles. The van der Waals surface area contributed by atoms with E-state index in [0.717, 1.165) is 42.6 Å². The highest BCUT2D eigenvalue weighted by molar-refractivity contribution is 9.10. The van der Waals surface area contributed by atoms with Gasteiger partial charge in [-0.3, -0.25) is 4.90 Å². The number of benzene rings is 1. The van der Waals surface area contributed by atoms with Gasteiger partial charge in [0.25, 0.3) is 0 Å². The van der Waals surface area contributed by atoms with Gasteiger partial charge in [0.05, 0.1) is 0 Å². The first-order valence-electron chi connectivity index (χ1n) is 7.03. The molecule has 1 fully saturated rings. The molecule has 1 aliphatic rings. The van der Waals surface area contributed by atoms with Gasteiger partial charge in [0.15, 0.2) is 0 Å². The molecule has 1 heterocycles. The van der Waals surface area contributed by atoms with Gasteiger partial charge in [-0.25, -0.2) is 4.39 Å². The van der Waals surface area contributed by atoms with E-state index in [1.807, 2.05) is 6.07 Å². The average Bonchev–Trinajstić information content (AvgIpc) is 2.44. The molecule has 1 aromatic rings. The van der Waals surface area contributed by atoms with E-state index in [1.54, 1.807) is 12.1 Å². The average molecular weight is 402 g/mol. The van der Waals surface area contributed by atoms with Crippen LogP contribution in [0.15, 0.2) is 22.7 Å². The van der Waals surface area contributed by atoms with E-state index < -0.39 is 0 Å². The number of piperazine rings is 1. The molecule has 2 atom stereocenters. The predicted molar refractivity (Wildman–Crippen MR) is 95.2 cm³/mol. The Morgan fingerprint density at radius 3 is 2.48 bits per heavy atom. The molecular formula is C15H24BrCl2FN2. The highest BCUT2D eigenvalue weighted by Crippen LogP contribution is 2.34. The summed E-state index contributed by atoms with van der Waals surface area (Å²) in [6, 6.07) is 5.44. The number of hydrogen-bond acceptors (Lipinski definition) is 2. The van der Waals surface area contributed by atoms with Crippen LogP contribution in [0.3, 0.4) is 0 Å². The minimum absolute atomic E-state index is 0. The van der Waals surface area contributed by atoms with Crippen LogP contribution >= 0.6 is 40.7 Å². The molecule has 122 valence electrons. The maximum atomic E-state index is 14.2. The summed E-state index contributed by atoms with van der Waals surface area (Å²) >= 11 is 3.46. The van der Waals surface area contributed by atoms with Crippen LogP contribution in [-0.2, 0) is 0 Å². The highest BCUT2D eigenvalue weighted by atomic mass is 79.9. The summed E-state index contributed by atoms with van der Waals surface area (Å²) < 4.78 is 15.2. The lowest BCUT2D eigenvalue weighted by Gasteiger charge is -2.38. The Balaban J connectivity index is 0.00000200. The van der Waals surface area contributed by atoms with Gasteiger partial charge in [-0.05, 0) is 24.1 Å². The molecule has 0 spiro atoms. The van der Waals surface area contributed by atoms with Gasteiger partial charge < -0.3 is 5.32 Å². The van der Waals surface area contributed by atoms with Crippen molar-refractivity contribution in [3.05, 3.63) is 34.1 Å². The first kappa shape index (κ1) is 21.1. The maximum absolute atomic E-state index is 14.2. The molecule has 0 amide bonds. The minimum Gasteiger partial charge on any atom is -0.314 e. The van der Waals surface area contributed by atoms with Crippen molar-refractivity contribution in [3.63, 3.8) is 0 Å². The smallest absolute Gasteiger partial charge is 0.128 e. The number of nitrogens with one attached hydrogen (secondary N) is 1. The quantitative estimate of drug-likeness (QED) is 0.802. The summed E-state index contributed by atoms with van der Waals surface area (Å²) in [5, 5.41) is 3.36. The van der Waals surface area contributed by atoms with Crippen LogP contribution in [0, 0.1) is 11.7 Å². The molecule has 1 N–H and O–H groups in total. The van der Waals surface area contributed by atoms with E-state index in [9.17, 15) is 4.39 Å². The Labute approximate surface area is 147 Å². The van der Waals surface area contributed by atoms with Crippen LogP contribution in [0.2, 0.25) is 0 Å². The van der Waals surface area contributed by atoms with Crippen LogP contribution in [0.25, 0.3) is 0 Å². The van der Waals surface area contributed by atoms with E-state index in [4.69, 9.17) is 0 Å². The van der Waals surface area contributed by atoms with Gasteiger partial charge in [-0.1, -0.05) is 36.2 Å². The van der Waals surface area contributed by atoms with Crippen molar-refractivity contribution in [1.29, 1.82) is 0 Å². The van der Waals surface area contributed by atoms with Crippen LogP contribution in [0.5, 0.6) is 0 Å². The van der Waals surface area contributed by atoms with Gasteiger partial charge in [0.2, 0.25) is 0 Å². The topological polar surface area (TPSA) is 15.3 Å². The SMILES string of the molecule is CCC(C)[C@@H](c1cc(Br)ccc1F)N1CCNCC1.Cl.Cl.